The normalized spacial score (nSPS) is 21.9. The molecule has 94 valence electrons. The summed E-state index contributed by atoms with van der Waals surface area (Å²) in [5.41, 5.74) is 2.01. The van der Waals surface area contributed by atoms with Gasteiger partial charge in [-0.2, -0.15) is 0 Å². The average molecular weight is 300 g/mol. The Morgan fingerprint density at radius 3 is 2.88 bits per heavy atom. The summed E-state index contributed by atoms with van der Waals surface area (Å²) in [5, 5.41) is 18.9. The SMILES string of the molecule is C[C@H](O)c1ccc(N2CCCC2CO)cc1Br. The van der Waals surface area contributed by atoms with Gasteiger partial charge in [0.1, 0.15) is 0 Å². The van der Waals surface area contributed by atoms with Crippen LogP contribution in [0.3, 0.4) is 0 Å². The highest BCUT2D eigenvalue weighted by atomic mass is 79.9. The van der Waals surface area contributed by atoms with Gasteiger partial charge in [-0.05, 0) is 37.5 Å². The summed E-state index contributed by atoms with van der Waals surface area (Å²) in [7, 11) is 0. The van der Waals surface area contributed by atoms with E-state index in [0.717, 1.165) is 35.1 Å². The van der Waals surface area contributed by atoms with Crippen LogP contribution >= 0.6 is 15.9 Å². The third kappa shape index (κ3) is 2.64. The van der Waals surface area contributed by atoms with Crippen LogP contribution in [0.15, 0.2) is 22.7 Å². The Labute approximate surface area is 110 Å². The van der Waals surface area contributed by atoms with Gasteiger partial charge in [-0.1, -0.05) is 22.0 Å². The van der Waals surface area contributed by atoms with Crippen LogP contribution in [0.5, 0.6) is 0 Å². The van der Waals surface area contributed by atoms with Crippen molar-refractivity contribution in [1.29, 1.82) is 0 Å². The Bertz CT molecular complexity index is 395. The molecule has 0 aliphatic carbocycles. The Morgan fingerprint density at radius 1 is 1.53 bits per heavy atom. The molecule has 1 fully saturated rings. The van der Waals surface area contributed by atoms with Gasteiger partial charge in [0.05, 0.1) is 18.8 Å². The maximum atomic E-state index is 9.58. The molecule has 0 spiro atoms. The van der Waals surface area contributed by atoms with Gasteiger partial charge in [0, 0.05) is 16.7 Å². The summed E-state index contributed by atoms with van der Waals surface area (Å²) in [6, 6.07) is 6.22. The number of hydrogen-bond acceptors (Lipinski definition) is 3. The molecule has 3 nitrogen and oxygen atoms in total. The van der Waals surface area contributed by atoms with Crippen LogP contribution in [0.4, 0.5) is 5.69 Å². The number of nitrogens with zero attached hydrogens (tertiary/aromatic N) is 1. The van der Waals surface area contributed by atoms with Crippen molar-refractivity contribution >= 4 is 21.6 Å². The van der Waals surface area contributed by atoms with E-state index in [4.69, 9.17) is 0 Å². The van der Waals surface area contributed by atoms with Crippen molar-refractivity contribution in [2.75, 3.05) is 18.1 Å². The lowest BCUT2D eigenvalue weighted by Crippen LogP contribution is -2.31. The Balaban J connectivity index is 2.25. The van der Waals surface area contributed by atoms with E-state index < -0.39 is 6.10 Å². The van der Waals surface area contributed by atoms with E-state index >= 15 is 0 Å². The lowest BCUT2D eigenvalue weighted by Gasteiger charge is -2.26. The largest absolute Gasteiger partial charge is 0.394 e. The lowest BCUT2D eigenvalue weighted by atomic mass is 10.1. The highest BCUT2D eigenvalue weighted by Gasteiger charge is 2.24. The summed E-state index contributed by atoms with van der Waals surface area (Å²) >= 11 is 3.49. The molecule has 0 amide bonds. The number of hydrogen-bond donors (Lipinski definition) is 2. The maximum absolute atomic E-state index is 9.58. The van der Waals surface area contributed by atoms with Gasteiger partial charge in [0.15, 0.2) is 0 Å². The zero-order chi connectivity index (χ0) is 12.4. The van der Waals surface area contributed by atoms with Crippen molar-refractivity contribution in [1.82, 2.24) is 0 Å². The third-order valence-electron chi connectivity index (χ3n) is 3.35. The van der Waals surface area contributed by atoms with Crippen LogP contribution in [0.1, 0.15) is 31.4 Å². The molecule has 1 aliphatic rings. The first kappa shape index (κ1) is 12.9. The van der Waals surface area contributed by atoms with Gasteiger partial charge < -0.3 is 15.1 Å². The molecule has 4 heteroatoms. The number of aliphatic hydroxyl groups is 2. The molecule has 2 N–H and O–H groups in total. The van der Waals surface area contributed by atoms with Crippen LogP contribution in [-0.2, 0) is 0 Å². The predicted octanol–water partition coefficient (Wildman–Crippen LogP) is 2.46. The van der Waals surface area contributed by atoms with Crippen LogP contribution < -0.4 is 4.90 Å². The first-order valence-electron chi connectivity index (χ1n) is 5.98. The van der Waals surface area contributed by atoms with Crippen molar-refractivity contribution in [3.05, 3.63) is 28.2 Å². The fourth-order valence-electron chi connectivity index (χ4n) is 2.40. The first-order valence-corrected chi connectivity index (χ1v) is 6.77. The molecule has 0 radical (unpaired) electrons. The Morgan fingerprint density at radius 2 is 2.29 bits per heavy atom. The van der Waals surface area contributed by atoms with Gasteiger partial charge in [0.25, 0.3) is 0 Å². The van der Waals surface area contributed by atoms with Crippen molar-refractivity contribution in [3.63, 3.8) is 0 Å². The smallest absolute Gasteiger partial charge is 0.0772 e. The number of benzene rings is 1. The molecule has 1 aliphatic heterocycles. The maximum Gasteiger partial charge on any atom is 0.0772 e. The van der Waals surface area contributed by atoms with Crippen LogP contribution in [-0.4, -0.2) is 29.4 Å². The summed E-state index contributed by atoms with van der Waals surface area (Å²) in [5.74, 6) is 0. The summed E-state index contributed by atoms with van der Waals surface area (Å²) in [6.07, 6.45) is 1.71. The molecular weight excluding hydrogens is 282 g/mol. The van der Waals surface area contributed by atoms with Gasteiger partial charge in [-0.15, -0.1) is 0 Å². The van der Waals surface area contributed by atoms with Crippen LogP contribution in [0.2, 0.25) is 0 Å². The van der Waals surface area contributed by atoms with Gasteiger partial charge in [0.2, 0.25) is 0 Å². The van der Waals surface area contributed by atoms with Crippen LogP contribution in [0.25, 0.3) is 0 Å². The van der Waals surface area contributed by atoms with E-state index in [9.17, 15) is 10.2 Å². The Hall–Kier alpha value is -0.580. The number of anilines is 1. The third-order valence-corrected chi connectivity index (χ3v) is 4.04. The van der Waals surface area contributed by atoms with Crippen molar-refractivity contribution in [2.45, 2.75) is 31.9 Å². The zero-order valence-electron chi connectivity index (χ0n) is 9.93. The van der Waals surface area contributed by atoms with Gasteiger partial charge >= 0.3 is 0 Å². The van der Waals surface area contributed by atoms with E-state index in [2.05, 4.69) is 20.8 Å². The van der Waals surface area contributed by atoms with E-state index in [-0.39, 0.29) is 12.6 Å². The summed E-state index contributed by atoms with van der Waals surface area (Å²) < 4.78 is 0.925. The second kappa shape index (κ2) is 5.38. The number of rotatable bonds is 3. The zero-order valence-corrected chi connectivity index (χ0v) is 11.5. The topological polar surface area (TPSA) is 43.7 Å². The molecule has 1 saturated heterocycles. The minimum atomic E-state index is -0.467. The molecule has 2 rings (SSSR count). The van der Waals surface area contributed by atoms with E-state index in [1.807, 2.05) is 18.2 Å². The molecule has 17 heavy (non-hydrogen) atoms. The first-order chi connectivity index (χ1) is 8.13. The number of halogens is 1. The quantitative estimate of drug-likeness (QED) is 0.901. The second-order valence-corrected chi connectivity index (χ2v) is 5.41. The molecule has 1 aromatic rings. The van der Waals surface area contributed by atoms with Gasteiger partial charge in [-0.25, -0.2) is 0 Å². The fraction of sp³-hybridized carbons (Fsp3) is 0.538. The monoisotopic (exact) mass is 299 g/mol. The fourth-order valence-corrected chi connectivity index (χ4v) is 3.10. The van der Waals surface area contributed by atoms with Crippen molar-refractivity contribution < 1.29 is 10.2 Å². The molecule has 0 aromatic heterocycles. The van der Waals surface area contributed by atoms with E-state index in [1.54, 1.807) is 6.92 Å². The number of aliphatic hydroxyl groups excluding tert-OH is 2. The highest BCUT2D eigenvalue weighted by molar-refractivity contribution is 9.10. The lowest BCUT2D eigenvalue weighted by molar-refractivity contribution is 0.198. The predicted molar refractivity (Wildman–Crippen MR) is 72.2 cm³/mol. The molecule has 2 atom stereocenters. The van der Waals surface area contributed by atoms with E-state index in [0.29, 0.717) is 0 Å². The molecule has 0 bridgehead atoms. The molecule has 1 unspecified atom stereocenters. The standard InChI is InChI=1S/C13H18BrNO2/c1-9(17)12-5-4-10(7-13(12)14)15-6-2-3-11(15)8-16/h4-5,7,9,11,16-17H,2-3,6,8H2,1H3/t9-,11?/m0/s1. The molecular formula is C13H18BrNO2. The van der Waals surface area contributed by atoms with Gasteiger partial charge in [-0.3, -0.25) is 0 Å². The molecule has 0 saturated carbocycles. The van der Waals surface area contributed by atoms with Crippen molar-refractivity contribution in [2.24, 2.45) is 0 Å². The summed E-state index contributed by atoms with van der Waals surface area (Å²) in [6.45, 7) is 2.95. The minimum absolute atomic E-state index is 0.204. The van der Waals surface area contributed by atoms with E-state index in [1.165, 1.54) is 0 Å². The van der Waals surface area contributed by atoms with Crippen molar-refractivity contribution in [3.8, 4) is 0 Å². The average Bonchev–Trinajstić information content (AvgIpc) is 2.76. The van der Waals surface area contributed by atoms with Crippen LogP contribution in [0, 0.1) is 0 Å². The minimum Gasteiger partial charge on any atom is -0.394 e. The highest BCUT2D eigenvalue weighted by Crippen LogP contribution is 2.31. The second-order valence-electron chi connectivity index (χ2n) is 4.55. The Kier molecular flexibility index (Phi) is 4.07. The molecule has 1 aromatic carbocycles. The summed E-state index contributed by atoms with van der Waals surface area (Å²) in [4.78, 5) is 2.23. The molecule has 1 heterocycles.